The van der Waals surface area contributed by atoms with E-state index in [1.807, 2.05) is 30.3 Å². The molecule has 0 saturated carbocycles. The number of hydrogen-bond donors (Lipinski definition) is 0. The van der Waals surface area contributed by atoms with Gasteiger partial charge in [-0.15, -0.1) is 0 Å². The fourth-order valence-corrected chi connectivity index (χ4v) is 0.886. The predicted octanol–water partition coefficient (Wildman–Crippen LogP) is 1.85. The van der Waals surface area contributed by atoms with Crippen molar-refractivity contribution in [3.63, 3.8) is 0 Å². The summed E-state index contributed by atoms with van der Waals surface area (Å²) in [4.78, 5) is 18.7. The predicted molar refractivity (Wildman–Crippen MR) is 43.1 cm³/mol. The third kappa shape index (κ3) is 2.36. The number of carbonyl (C=O) groups excluding carboxylic acids is 1. The van der Waals surface area contributed by atoms with Crippen molar-refractivity contribution < 1.29 is 14.6 Å². The Kier molecular flexibility index (Phi) is 3.29. The number of benzene rings is 1. The molecule has 0 radical (unpaired) electrons. The maximum absolute atomic E-state index is 9.79. The summed E-state index contributed by atoms with van der Waals surface area (Å²) in [6.45, 7) is 2.07. The van der Waals surface area contributed by atoms with E-state index in [2.05, 4.69) is 4.89 Å². The van der Waals surface area contributed by atoms with Gasteiger partial charge in [-0.05, 0) is 12.5 Å². The van der Waals surface area contributed by atoms with Gasteiger partial charge < -0.3 is 4.89 Å². The van der Waals surface area contributed by atoms with Gasteiger partial charge in [0, 0.05) is 0 Å². The van der Waals surface area contributed by atoms with Crippen LogP contribution in [-0.4, -0.2) is 6.47 Å². The third-order valence-electron chi connectivity index (χ3n) is 1.51. The summed E-state index contributed by atoms with van der Waals surface area (Å²) in [7, 11) is 0. The molecule has 0 aromatic heterocycles. The molecular formula is C9H10O3. The van der Waals surface area contributed by atoms with Gasteiger partial charge in [0.15, 0.2) is 0 Å². The van der Waals surface area contributed by atoms with E-state index in [9.17, 15) is 4.79 Å². The van der Waals surface area contributed by atoms with E-state index in [0.717, 1.165) is 5.56 Å². The van der Waals surface area contributed by atoms with Gasteiger partial charge in [-0.2, -0.15) is 4.89 Å². The minimum Gasteiger partial charge on any atom is -0.301 e. The molecule has 1 unspecified atom stereocenters. The van der Waals surface area contributed by atoms with Crippen LogP contribution in [0.2, 0.25) is 0 Å². The first-order chi connectivity index (χ1) is 5.84. The molecule has 1 aromatic rings. The molecular weight excluding hydrogens is 156 g/mol. The van der Waals surface area contributed by atoms with Crippen molar-refractivity contribution in [2.24, 2.45) is 0 Å². The van der Waals surface area contributed by atoms with Crippen LogP contribution in [0.15, 0.2) is 30.3 Å². The minimum absolute atomic E-state index is 0.226. The van der Waals surface area contributed by atoms with Gasteiger partial charge >= 0.3 is 6.47 Å². The van der Waals surface area contributed by atoms with Crippen LogP contribution in [0.4, 0.5) is 0 Å². The summed E-state index contributed by atoms with van der Waals surface area (Å²) >= 11 is 0. The molecule has 0 aliphatic carbocycles. The molecule has 0 amide bonds. The molecule has 0 saturated heterocycles. The van der Waals surface area contributed by atoms with Gasteiger partial charge in [0.2, 0.25) is 0 Å². The maximum Gasteiger partial charge on any atom is 0.330 e. The highest BCUT2D eigenvalue weighted by atomic mass is 17.2. The zero-order valence-corrected chi connectivity index (χ0v) is 6.77. The summed E-state index contributed by atoms with van der Waals surface area (Å²) in [6, 6.07) is 9.51. The zero-order chi connectivity index (χ0) is 8.81. The van der Waals surface area contributed by atoms with E-state index in [1.165, 1.54) is 0 Å². The smallest absolute Gasteiger partial charge is 0.301 e. The second kappa shape index (κ2) is 4.51. The van der Waals surface area contributed by atoms with Gasteiger partial charge in [0.1, 0.15) is 6.10 Å². The average molecular weight is 166 g/mol. The highest BCUT2D eigenvalue weighted by Gasteiger charge is 2.04. The summed E-state index contributed by atoms with van der Waals surface area (Å²) in [5, 5.41) is 0. The Morgan fingerprint density at radius 1 is 1.33 bits per heavy atom. The quantitative estimate of drug-likeness (QED) is 0.389. The fraction of sp³-hybridized carbons (Fsp3) is 0.222. The van der Waals surface area contributed by atoms with E-state index in [4.69, 9.17) is 4.89 Å². The van der Waals surface area contributed by atoms with E-state index < -0.39 is 0 Å². The van der Waals surface area contributed by atoms with Gasteiger partial charge in [-0.25, -0.2) is 0 Å². The molecule has 0 spiro atoms. The van der Waals surface area contributed by atoms with Gasteiger partial charge in [0.25, 0.3) is 0 Å². The molecule has 3 heteroatoms. The molecule has 3 nitrogen and oxygen atoms in total. The van der Waals surface area contributed by atoms with E-state index in [1.54, 1.807) is 6.92 Å². The Hall–Kier alpha value is -1.35. The lowest BCUT2D eigenvalue weighted by Gasteiger charge is -2.08. The van der Waals surface area contributed by atoms with Crippen LogP contribution in [0.5, 0.6) is 0 Å². The Labute approximate surface area is 70.8 Å². The molecule has 0 fully saturated rings. The van der Waals surface area contributed by atoms with Crippen molar-refractivity contribution in [2.75, 3.05) is 0 Å². The summed E-state index contributed by atoms with van der Waals surface area (Å²) in [5.41, 5.74) is 0.972. The minimum atomic E-state index is -0.226. The number of carbonyl (C=O) groups is 1. The Morgan fingerprint density at radius 3 is 2.58 bits per heavy atom. The lowest BCUT2D eigenvalue weighted by atomic mass is 10.1. The summed E-state index contributed by atoms with van der Waals surface area (Å²) < 4.78 is 0. The van der Waals surface area contributed by atoms with E-state index in [-0.39, 0.29) is 12.6 Å². The van der Waals surface area contributed by atoms with E-state index >= 15 is 0 Å². The van der Waals surface area contributed by atoms with Crippen LogP contribution >= 0.6 is 0 Å². The van der Waals surface area contributed by atoms with Gasteiger partial charge in [-0.3, -0.25) is 4.79 Å². The van der Waals surface area contributed by atoms with Crippen molar-refractivity contribution in [1.29, 1.82) is 0 Å². The van der Waals surface area contributed by atoms with Crippen molar-refractivity contribution in [3.8, 4) is 0 Å². The average Bonchev–Trinajstić information content (AvgIpc) is 2.15. The summed E-state index contributed by atoms with van der Waals surface area (Å²) in [6.07, 6.45) is -0.226. The molecule has 12 heavy (non-hydrogen) atoms. The van der Waals surface area contributed by atoms with Crippen LogP contribution < -0.4 is 0 Å². The molecule has 0 aliphatic heterocycles. The second-order valence-electron chi connectivity index (χ2n) is 2.34. The Bertz CT molecular complexity index is 233. The standard InChI is InChI=1S/C9H10O3/c1-8(12-11-7-10)9-5-3-2-4-6-9/h2-8H,1H3. The lowest BCUT2D eigenvalue weighted by molar-refractivity contribution is -0.285. The fourth-order valence-electron chi connectivity index (χ4n) is 0.886. The highest BCUT2D eigenvalue weighted by Crippen LogP contribution is 2.15. The molecule has 1 atom stereocenters. The first-order valence-electron chi connectivity index (χ1n) is 3.65. The van der Waals surface area contributed by atoms with Gasteiger partial charge in [-0.1, -0.05) is 30.3 Å². The number of hydrogen-bond acceptors (Lipinski definition) is 3. The Morgan fingerprint density at radius 2 is 2.00 bits per heavy atom. The first-order valence-corrected chi connectivity index (χ1v) is 3.65. The van der Waals surface area contributed by atoms with Crippen molar-refractivity contribution in [1.82, 2.24) is 0 Å². The normalized spacial score (nSPS) is 12.1. The molecule has 0 N–H and O–H groups in total. The maximum atomic E-state index is 9.79. The molecule has 64 valence electrons. The van der Waals surface area contributed by atoms with Crippen molar-refractivity contribution >= 4 is 6.47 Å². The SMILES string of the molecule is CC(OOC=O)c1ccccc1. The lowest BCUT2D eigenvalue weighted by Crippen LogP contribution is -1.99. The van der Waals surface area contributed by atoms with Gasteiger partial charge in [0.05, 0.1) is 0 Å². The summed E-state index contributed by atoms with van der Waals surface area (Å²) in [5.74, 6) is 0. The molecule has 0 aliphatic rings. The van der Waals surface area contributed by atoms with Crippen LogP contribution in [0.3, 0.4) is 0 Å². The molecule has 0 heterocycles. The molecule has 1 aromatic carbocycles. The highest BCUT2D eigenvalue weighted by molar-refractivity contribution is 5.35. The monoisotopic (exact) mass is 166 g/mol. The second-order valence-corrected chi connectivity index (χ2v) is 2.34. The molecule has 1 rings (SSSR count). The zero-order valence-electron chi connectivity index (χ0n) is 6.77. The number of rotatable bonds is 4. The van der Waals surface area contributed by atoms with Crippen LogP contribution in [-0.2, 0) is 14.6 Å². The van der Waals surface area contributed by atoms with Crippen LogP contribution in [0, 0.1) is 0 Å². The van der Waals surface area contributed by atoms with Crippen LogP contribution in [0.25, 0.3) is 0 Å². The van der Waals surface area contributed by atoms with E-state index in [0.29, 0.717) is 0 Å². The van der Waals surface area contributed by atoms with Crippen molar-refractivity contribution in [2.45, 2.75) is 13.0 Å². The Balaban J connectivity index is 2.53. The van der Waals surface area contributed by atoms with Crippen LogP contribution in [0.1, 0.15) is 18.6 Å². The first kappa shape index (κ1) is 8.74. The van der Waals surface area contributed by atoms with Crippen molar-refractivity contribution in [3.05, 3.63) is 35.9 Å². The largest absolute Gasteiger partial charge is 0.330 e. The molecule has 0 bridgehead atoms. The third-order valence-corrected chi connectivity index (χ3v) is 1.51. The topological polar surface area (TPSA) is 35.5 Å².